The lowest BCUT2D eigenvalue weighted by Crippen LogP contribution is -2.55. The second-order valence-electron chi connectivity index (χ2n) is 5.63. The standard InChI is InChI=1S/C13H21FN2O3/c1-7-9(15)8(2)16-13(10(7)14,11(17)18)6-5-12(3,4)19/h16,19H,5-6,15H2,1-4H3,(H,17,18). The number of hydrogen-bond acceptors (Lipinski definition) is 4. The van der Waals surface area contributed by atoms with Gasteiger partial charge in [0, 0.05) is 11.3 Å². The van der Waals surface area contributed by atoms with Gasteiger partial charge in [0.15, 0.2) is 5.54 Å². The van der Waals surface area contributed by atoms with Gasteiger partial charge in [-0.05, 0) is 40.5 Å². The topological polar surface area (TPSA) is 95.6 Å². The van der Waals surface area contributed by atoms with Gasteiger partial charge in [-0.2, -0.15) is 0 Å². The molecule has 0 fully saturated rings. The highest BCUT2D eigenvalue weighted by atomic mass is 19.1. The lowest BCUT2D eigenvalue weighted by atomic mass is 9.83. The average molecular weight is 272 g/mol. The van der Waals surface area contributed by atoms with E-state index in [-0.39, 0.29) is 24.1 Å². The second kappa shape index (κ2) is 4.85. The number of aliphatic carboxylic acids is 1. The summed E-state index contributed by atoms with van der Waals surface area (Å²) in [5.41, 5.74) is 3.55. The molecule has 0 bridgehead atoms. The molecule has 1 unspecified atom stereocenters. The molecule has 0 amide bonds. The lowest BCUT2D eigenvalue weighted by Gasteiger charge is -2.36. The summed E-state index contributed by atoms with van der Waals surface area (Å²) < 4.78 is 14.4. The molecule has 0 aromatic carbocycles. The van der Waals surface area contributed by atoms with Crippen LogP contribution in [0.2, 0.25) is 0 Å². The highest BCUT2D eigenvalue weighted by Gasteiger charge is 2.47. The normalized spacial score (nSPS) is 24.5. The Morgan fingerprint density at radius 1 is 1.47 bits per heavy atom. The predicted molar refractivity (Wildman–Crippen MR) is 69.7 cm³/mol. The number of halogens is 1. The number of aliphatic hydroxyl groups is 1. The molecule has 19 heavy (non-hydrogen) atoms. The van der Waals surface area contributed by atoms with Gasteiger partial charge in [-0.15, -0.1) is 0 Å². The number of carboxylic acids is 1. The van der Waals surface area contributed by atoms with Gasteiger partial charge in [0.05, 0.1) is 11.3 Å². The van der Waals surface area contributed by atoms with E-state index < -0.39 is 22.9 Å². The van der Waals surface area contributed by atoms with Crippen molar-refractivity contribution in [3.63, 3.8) is 0 Å². The molecule has 5 nitrogen and oxygen atoms in total. The summed E-state index contributed by atoms with van der Waals surface area (Å²) in [4.78, 5) is 11.5. The highest BCUT2D eigenvalue weighted by molar-refractivity contribution is 5.84. The van der Waals surface area contributed by atoms with Gasteiger partial charge in [-0.1, -0.05) is 0 Å². The van der Waals surface area contributed by atoms with Crippen molar-refractivity contribution >= 4 is 5.97 Å². The predicted octanol–water partition coefficient (Wildman–Crippen LogP) is 1.40. The molecule has 1 aliphatic heterocycles. The first-order chi connectivity index (χ1) is 8.51. The van der Waals surface area contributed by atoms with Gasteiger partial charge < -0.3 is 21.3 Å². The van der Waals surface area contributed by atoms with Crippen LogP contribution in [0.1, 0.15) is 40.5 Å². The molecule has 0 aromatic rings. The lowest BCUT2D eigenvalue weighted by molar-refractivity contribution is -0.144. The van der Waals surface area contributed by atoms with Crippen LogP contribution in [0.4, 0.5) is 4.39 Å². The maximum atomic E-state index is 14.4. The molecule has 0 aliphatic carbocycles. The minimum Gasteiger partial charge on any atom is -0.479 e. The molecule has 0 radical (unpaired) electrons. The van der Waals surface area contributed by atoms with E-state index in [0.29, 0.717) is 5.70 Å². The van der Waals surface area contributed by atoms with E-state index in [1.807, 2.05) is 0 Å². The fourth-order valence-electron chi connectivity index (χ4n) is 2.08. The van der Waals surface area contributed by atoms with Crippen LogP contribution < -0.4 is 11.1 Å². The van der Waals surface area contributed by atoms with E-state index >= 15 is 0 Å². The summed E-state index contributed by atoms with van der Waals surface area (Å²) >= 11 is 0. The van der Waals surface area contributed by atoms with Crippen molar-refractivity contribution in [1.82, 2.24) is 5.32 Å². The Bertz CT molecular complexity index is 463. The monoisotopic (exact) mass is 272 g/mol. The first-order valence-electron chi connectivity index (χ1n) is 6.09. The third-order valence-corrected chi connectivity index (χ3v) is 3.39. The summed E-state index contributed by atoms with van der Waals surface area (Å²) in [6.07, 6.45) is 0.0693. The Hall–Kier alpha value is -1.56. The summed E-state index contributed by atoms with van der Waals surface area (Å²) in [5.74, 6) is -2.12. The van der Waals surface area contributed by atoms with Crippen molar-refractivity contribution < 1.29 is 19.4 Å². The molecular weight excluding hydrogens is 251 g/mol. The number of hydrogen-bond donors (Lipinski definition) is 4. The van der Waals surface area contributed by atoms with Gasteiger partial charge in [-0.25, -0.2) is 9.18 Å². The zero-order valence-electron chi connectivity index (χ0n) is 11.7. The maximum Gasteiger partial charge on any atom is 0.336 e. The SMILES string of the molecule is CC1=C(N)C(C)=C(F)C(CCC(C)(C)O)(C(=O)O)N1. The molecule has 108 valence electrons. The summed E-state index contributed by atoms with van der Waals surface area (Å²) in [5, 5.41) is 21.8. The molecule has 5 N–H and O–H groups in total. The van der Waals surface area contributed by atoms with E-state index in [1.54, 1.807) is 20.8 Å². The Kier molecular flexibility index (Phi) is 3.95. The van der Waals surface area contributed by atoms with Crippen LogP contribution in [-0.2, 0) is 4.79 Å². The summed E-state index contributed by atoms with van der Waals surface area (Å²) in [6, 6.07) is 0. The second-order valence-corrected chi connectivity index (χ2v) is 5.63. The molecule has 0 saturated heterocycles. The number of nitrogens with two attached hydrogens (primary N) is 1. The number of carboxylic acid groups (broad SMARTS) is 1. The number of rotatable bonds is 4. The van der Waals surface area contributed by atoms with Crippen molar-refractivity contribution in [3.05, 3.63) is 22.8 Å². The maximum absolute atomic E-state index is 14.4. The molecule has 0 spiro atoms. The molecule has 1 aliphatic rings. The zero-order chi connectivity index (χ0) is 15.0. The Labute approximate surface area is 112 Å². The van der Waals surface area contributed by atoms with Crippen LogP contribution in [0.5, 0.6) is 0 Å². The van der Waals surface area contributed by atoms with Crippen LogP contribution in [0.25, 0.3) is 0 Å². The van der Waals surface area contributed by atoms with Gasteiger partial charge in [0.2, 0.25) is 0 Å². The average Bonchev–Trinajstić information content (AvgIpc) is 2.28. The van der Waals surface area contributed by atoms with Crippen molar-refractivity contribution in [2.45, 2.75) is 51.7 Å². The van der Waals surface area contributed by atoms with Gasteiger partial charge in [-0.3, -0.25) is 0 Å². The first-order valence-corrected chi connectivity index (χ1v) is 6.09. The van der Waals surface area contributed by atoms with E-state index in [4.69, 9.17) is 5.73 Å². The van der Waals surface area contributed by atoms with Crippen molar-refractivity contribution in [1.29, 1.82) is 0 Å². The minimum absolute atomic E-state index is 0.0698. The van der Waals surface area contributed by atoms with Crippen LogP contribution in [-0.4, -0.2) is 27.3 Å². The molecule has 1 heterocycles. The first kappa shape index (κ1) is 15.5. The largest absolute Gasteiger partial charge is 0.479 e. The summed E-state index contributed by atoms with van der Waals surface area (Å²) in [6.45, 7) is 6.16. The number of nitrogens with one attached hydrogen (secondary N) is 1. The number of dihydropyridines is 1. The fraction of sp³-hybridized carbons (Fsp3) is 0.615. The molecule has 0 aromatic heterocycles. The van der Waals surface area contributed by atoms with Crippen molar-refractivity contribution in [3.8, 4) is 0 Å². The Morgan fingerprint density at radius 2 is 2.00 bits per heavy atom. The molecular formula is C13H21FN2O3. The quantitative estimate of drug-likeness (QED) is 0.620. The smallest absolute Gasteiger partial charge is 0.336 e. The Balaban J connectivity index is 3.20. The van der Waals surface area contributed by atoms with Crippen LogP contribution in [0.3, 0.4) is 0 Å². The third kappa shape index (κ3) is 2.89. The van der Waals surface area contributed by atoms with Crippen LogP contribution >= 0.6 is 0 Å². The van der Waals surface area contributed by atoms with Crippen molar-refractivity contribution in [2.24, 2.45) is 5.73 Å². The number of allylic oxidation sites excluding steroid dienone is 2. The van der Waals surface area contributed by atoms with Gasteiger partial charge in [0.25, 0.3) is 0 Å². The summed E-state index contributed by atoms with van der Waals surface area (Å²) in [7, 11) is 0. The van der Waals surface area contributed by atoms with E-state index in [2.05, 4.69) is 5.32 Å². The van der Waals surface area contributed by atoms with E-state index in [9.17, 15) is 19.4 Å². The molecule has 6 heteroatoms. The highest BCUT2D eigenvalue weighted by Crippen LogP contribution is 2.35. The van der Waals surface area contributed by atoms with Crippen LogP contribution in [0.15, 0.2) is 22.8 Å². The van der Waals surface area contributed by atoms with Crippen molar-refractivity contribution in [2.75, 3.05) is 0 Å². The third-order valence-electron chi connectivity index (χ3n) is 3.39. The van der Waals surface area contributed by atoms with Crippen LogP contribution in [0, 0.1) is 0 Å². The zero-order valence-corrected chi connectivity index (χ0v) is 11.7. The fourth-order valence-corrected chi connectivity index (χ4v) is 2.08. The molecule has 1 atom stereocenters. The Morgan fingerprint density at radius 3 is 2.42 bits per heavy atom. The molecule has 0 saturated carbocycles. The minimum atomic E-state index is -1.85. The van der Waals surface area contributed by atoms with E-state index in [1.165, 1.54) is 6.92 Å². The number of carbonyl (C=O) groups is 1. The van der Waals surface area contributed by atoms with E-state index in [0.717, 1.165) is 0 Å². The van der Waals surface area contributed by atoms with Gasteiger partial charge in [0.1, 0.15) is 5.83 Å². The molecule has 1 rings (SSSR count). The van der Waals surface area contributed by atoms with Gasteiger partial charge >= 0.3 is 5.97 Å².